The molecule has 17 heavy (non-hydrogen) atoms. The number of carboxylic acid groups (broad SMARTS) is 1. The van der Waals surface area contributed by atoms with Crippen molar-refractivity contribution < 1.29 is 18.3 Å². The zero-order valence-electron chi connectivity index (χ0n) is 9.10. The minimum absolute atomic E-state index is 0.0762. The van der Waals surface area contributed by atoms with E-state index in [4.69, 9.17) is 11.5 Å². The van der Waals surface area contributed by atoms with E-state index in [2.05, 4.69) is 10.6 Å². The quantitative estimate of drug-likeness (QED) is 0.770. The molecule has 0 spiro atoms. The van der Waals surface area contributed by atoms with E-state index in [1.807, 2.05) is 0 Å². The summed E-state index contributed by atoms with van der Waals surface area (Å²) in [6, 6.07) is 3.89. The molecular weight excluding hydrogens is 242 g/mol. The summed E-state index contributed by atoms with van der Waals surface area (Å²) >= 11 is 0. The van der Waals surface area contributed by atoms with Gasteiger partial charge in [-0.3, -0.25) is 0 Å². The number of carbonyl (C=O) groups is 1. The van der Waals surface area contributed by atoms with E-state index in [1.54, 1.807) is 6.92 Å². The van der Waals surface area contributed by atoms with Crippen LogP contribution in [0.15, 0.2) is 23.1 Å². The fraction of sp³-hybridized carbons (Fsp3) is 0.182. The van der Waals surface area contributed by atoms with Crippen LogP contribution in [0.2, 0.25) is 0 Å². The molecule has 0 saturated carbocycles. The van der Waals surface area contributed by atoms with Crippen molar-refractivity contribution in [2.45, 2.75) is 11.8 Å². The number of carboxylic acids is 1. The summed E-state index contributed by atoms with van der Waals surface area (Å²) in [4.78, 5) is 10.7. The molecule has 0 aliphatic carbocycles. The molecule has 0 aromatic heterocycles. The van der Waals surface area contributed by atoms with Crippen molar-refractivity contribution >= 4 is 16.0 Å². The van der Waals surface area contributed by atoms with Gasteiger partial charge >= 0.3 is 5.97 Å². The smallest absolute Gasteiger partial charge is 0.335 e. The van der Waals surface area contributed by atoms with Crippen LogP contribution in [-0.2, 0) is 10.0 Å². The van der Waals surface area contributed by atoms with Gasteiger partial charge in [0, 0.05) is 0 Å². The van der Waals surface area contributed by atoms with Crippen molar-refractivity contribution in [1.29, 1.82) is 0 Å². The molecule has 0 aliphatic rings. The van der Waals surface area contributed by atoms with Crippen molar-refractivity contribution in [1.82, 2.24) is 4.72 Å². The molecule has 6 heteroatoms. The standard InChI is InChI=1S/C11H11NO4S/c1-3-6-12-17(15,16)10-7-9(11(13)14)5-4-8(10)2/h1,4-5,7,12H,6H2,2H3,(H,13,14). The molecule has 0 heterocycles. The van der Waals surface area contributed by atoms with Gasteiger partial charge in [-0.1, -0.05) is 12.0 Å². The molecule has 2 N–H and O–H groups in total. The molecule has 5 nitrogen and oxygen atoms in total. The maximum atomic E-state index is 11.8. The van der Waals surface area contributed by atoms with Crippen molar-refractivity contribution in [2.75, 3.05) is 6.54 Å². The van der Waals surface area contributed by atoms with Crippen LogP contribution in [0.4, 0.5) is 0 Å². The lowest BCUT2D eigenvalue weighted by Crippen LogP contribution is -2.25. The van der Waals surface area contributed by atoms with Crippen LogP contribution in [0, 0.1) is 19.3 Å². The fourth-order valence-corrected chi connectivity index (χ4v) is 2.44. The first-order valence-electron chi connectivity index (χ1n) is 4.65. The van der Waals surface area contributed by atoms with Crippen LogP contribution in [0.5, 0.6) is 0 Å². The average molecular weight is 253 g/mol. The Morgan fingerprint density at radius 1 is 1.53 bits per heavy atom. The largest absolute Gasteiger partial charge is 0.478 e. The monoisotopic (exact) mass is 253 g/mol. The van der Waals surface area contributed by atoms with Gasteiger partial charge < -0.3 is 5.11 Å². The highest BCUT2D eigenvalue weighted by Gasteiger charge is 2.17. The Morgan fingerprint density at radius 2 is 2.18 bits per heavy atom. The van der Waals surface area contributed by atoms with Gasteiger partial charge in [0.25, 0.3) is 0 Å². The molecule has 0 fully saturated rings. The number of terminal acetylenes is 1. The van der Waals surface area contributed by atoms with E-state index in [0.717, 1.165) is 6.07 Å². The van der Waals surface area contributed by atoms with Crippen molar-refractivity contribution in [2.24, 2.45) is 0 Å². The van der Waals surface area contributed by atoms with Gasteiger partial charge in [-0.05, 0) is 24.6 Å². The third-order valence-electron chi connectivity index (χ3n) is 2.09. The maximum absolute atomic E-state index is 11.8. The van der Waals surface area contributed by atoms with Gasteiger partial charge in [0.05, 0.1) is 17.0 Å². The fourth-order valence-electron chi connectivity index (χ4n) is 1.24. The highest BCUT2D eigenvalue weighted by Crippen LogP contribution is 2.16. The lowest BCUT2D eigenvalue weighted by molar-refractivity contribution is 0.0696. The lowest BCUT2D eigenvalue weighted by atomic mass is 10.1. The third kappa shape index (κ3) is 3.06. The molecule has 0 bridgehead atoms. The van der Waals surface area contributed by atoms with Crippen LogP contribution in [-0.4, -0.2) is 26.0 Å². The zero-order chi connectivity index (χ0) is 13.1. The normalized spacial score (nSPS) is 10.8. The molecule has 0 saturated heterocycles. The molecule has 0 unspecified atom stereocenters. The molecular formula is C11H11NO4S. The Labute approximate surface area is 99.5 Å². The molecule has 1 aromatic carbocycles. The summed E-state index contributed by atoms with van der Waals surface area (Å²) in [6.07, 6.45) is 4.96. The average Bonchev–Trinajstić information content (AvgIpc) is 2.26. The number of hydrogen-bond donors (Lipinski definition) is 2. The number of aromatic carboxylic acids is 1. The van der Waals surface area contributed by atoms with Crippen LogP contribution in [0.1, 0.15) is 15.9 Å². The first kappa shape index (κ1) is 13.2. The van der Waals surface area contributed by atoms with E-state index in [-0.39, 0.29) is 17.0 Å². The van der Waals surface area contributed by atoms with E-state index in [1.165, 1.54) is 12.1 Å². The highest BCUT2D eigenvalue weighted by molar-refractivity contribution is 7.89. The maximum Gasteiger partial charge on any atom is 0.335 e. The number of hydrogen-bond acceptors (Lipinski definition) is 3. The molecule has 0 atom stereocenters. The van der Waals surface area contributed by atoms with E-state index in [0.29, 0.717) is 5.56 Å². The van der Waals surface area contributed by atoms with Crippen molar-refractivity contribution in [3.05, 3.63) is 29.3 Å². The second-order valence-corrected chi connectivity index (χ2v) is 5.05. The van der Waals surface area contributed by atoms with Crippen LogP contribution >= 0.6 is 0 Å². The highest BCUT2D eigenvalue weighted by atomic mass is 32.2. The van der Waals surface area contributed by atoms with E-state index in [9.17, 15) is 13.2 Å². The lowest BCUT2D eigenvalue weighted by Gasteiger charge is -2.08. The third-order valence-corrected chi connectivity index (χ3v) is 3.63. The van der Waals surface area contributed by atoms with Crippen LogP contribution < -0.4 is 4.72 Å². The molecule has 0 amide bonds. The van der Waals surface area contributed by atoms with Crippen molar-refractivity contribution in [3.63, 3.8) is 0 Å². The summed E-state index contributed by atoms with van der Waals surface area (Å²) in [5, 5.41) is 8.79. The van der Waals surface area contributed by atoms with Gasteiger partial charge in [-0.15, -0.1) is 6.42 Å². The summed E-state index contributed by atoms with van der Waals surface area (Å²) in [5.41, 5.74) is 0.371. The molecule has 1 rings (SSSR count). The van der Waals surface area contributed by atoms with Gasteiger partial charge in [0.15, 0.2) is 0 Å². The van der Waals surface area contributed by atoms with Crippen molar-refractivity contribution in [3.8, 4) is 12.3 Å². The molecule has 0 aliphatic heterocycles. The second-order valence-electron chi connectivity index (χ2n) is 3.31. The zero-order valence-corrected chi connectivity index (χ0v) is 9.91. The molecule has 90 valence electrons. The van der Waals surface area contributed by atoms with Gasteiger partial charge in [0.2, 0.25) is 10.0 Å². The molecule has 0 radical (unpaired) electrons. The first-order chi connectivity index (χ1) is 7.88. The first-order valence-corrected chi connectivity index (χ1v) is 6.14. The Bertz CT molecular complexity index is 584. The predicted octanol–water partition coefficient (Wildman–Crippen LogP) is 0.605. The van der Waals surface area contributed by atoms with Gasteiger partial charge in [-0.2, -0.15) is 4.72 Å². The van der Waals surface area contributed by atoms with Gasteiger partial charge in [-0.25, -0.2) is 13.2 Å². The summed E-state index contributed by atoms with van der Waals surface area (Å²) in [7, 11) is -3.76. The minimum atomic E-state index is -3.76. The Balaban J connectivity index is 3.26. The van der Waals surface area contributed by atoms with E-state index < -0.39 is 16.0 Å². The number of sulfonamides is 1. The molecule has 1 aromatic rings. The summed E-state index contributed by atoms with van der Waals surface area (Å²) < 4.78 is 25.7. The summed E-state index contributed by atoms with van der Waals surface area (Å²) in [6.45, 7) is 1.44. The number of benzene rings is 1. The van der Waals surface area contributed by atoms with Gasteiger partial charge in [0.1, 0.15) is 0 Å². The Morgan fingerprint density at radius 3 is 2.71 bits per heavy atom. The Kier molecular flexibility index (Phi) is 3.89. The Hall–Kier alpha value is -1.84. The van der Waals surface area contributed by atoms with Crippen LogP contribution in [0.25, 0.3) is 0 Å². The number of aryl methyl sites for hydroxylation is 1. The SMILES string of the molecule is C#CCNS(=O)(=O)c1cc(C(=O)O)ccc1C. The second kappa shape index (κ2) is 4.99. The number of rotatable bonds is 4. The topological polar surface area (TPSA) is 83.5 Å². The predicted molar refractivity (Wildman–Crippen MR) is 62.2 cm³/mol. The number of nitrogens with one attached hydrogen (secondary N) is 1. The van der Waals surface area contributed by atoms with E-state index >= 15 is 0 Å². The minimum Gasteiger partial charge on any atom is -0.478 e. The van der Waals surface area contributed by atoms with Crippen LogP contribution in [0.3, 0.4) is 0 Å². The summed E-state index contributed by atoms with van der Waals surface area (Å²) in [5.74, 6) is 0.962.